The van der Waals surface area contributed by atoms with Crippen molar-refractivity contribution in [3.63, 3.8) is 0 Å². The van der Waals surface area contributed by atoms with Gasteiger partial charge in [0.05, 0.1) is 5.69 Å². The summed E-state index contributed by atoms with van der Waals surface area (Å²) in [6.45, 7) is 3.88. The van der Waals surface area contributed by atoms with E-state index in [0.717, 1.165) is 21.5 Å². The number of nitrogen functional groups attached to an aromatic ring is 1. The lowest BCUT2D eigenvalue weighted by Gasteiger charge is -2.10. The molecule has 0 bridgehead atoms. The molecule has 0 aliphatic heterocycles. The van der Waals surface area contributed by atoms with Crippen LogP contribution in [-0.4, -0.2) is 4.98 Å². The molecule has 0 atom stereocenters. The van der Waals surface area contributed by atoms with Crippen molar-refractivity contribution in [2.24, 2.45) is 0 Å². The first-order chi connectivity index (χ1) is 8.06. The normalized spacial score (nSPS) is 10.3. The highest BCUT2D eigenvalue weighted by Crippen LogP contribution is 2.29. The van der Waals surface area contributed by atoms with Crippen molar-refractivity contribution in [2.45, 2.75) is 13.8 Å². The lowest BCUT2D eigenvalue weighted by molar-refractivity contribution is 0.461. The number of hydrogen-bond donors (Lipinski definition) is 1. The molecular formula is C13H13BrN2O. The summed E-state index contributed by atoms with van der Waals surface area (Å²) >= 11 is 3.41. The molecule has 0 spiro atoms. The molecule has 0 unspecified atom stereocenters. The monoisotopic (exact) mass is 292 g/mol. The molecule has 17 heavy (non-hydrogen) atoms. The quantitative estimate of drug-likeness (QED) is 0.915. The molecule has 1 aromatic heterocycles. The van der Waals surface area contributed by atoms with E-state index in [2.05, 4.69) is 20.9 Å². The summed E-state index contributed by atoms with van der Waals surface area (Å²) in [5, 5.41) is 0. The second-order valence-electron chi connectivity index (χ2n) is 3.86. The Hall–Kier alpha value is -1.55. The zero-order valence-electron chi connectivity index (χ0n) is 9.70. The van der Waals surface area contributed by atoms with Crippen LogP contribution < -0.4 is 10.5 Å². The van der Waals surface area contributed by atoms with Gasteiger partial charge in [0.25, 0.3) is 0 Å². The molecule has 2 N–H and O–H groups in total. The van der Waals surface area contributed by atoms with Crippen molar-refractivity contribution in [3.8, 4) is 11.6 Å². The van der Waals surface area contributed by atoms with Crippen LogP contribution >= 0.6 is 15.9 Å². The Morgan fingerprint density at radius 2 is 1.94 bits per heavy atom. The number of aryl methyl sites for hydroxylation is 2. The number of benzene rings is 1. The first kappa shape index (κ1) is 11.9. The maximum atomic E-state index is 5.82. The summed E-state index contributed by atoms with van der Waals surface area (Å²) in [5.74, 6) is 1.22. The van der Waals surface area contributed by atoms with Gasteiger partial charge >= 0.3 is 0 Å². The van der Waals surface area contributed by atoms with Gasteiger partial charge in [-0.05, 0) is 49.7 Å². The molecule has 0 saturated carbocycles. The van der Waals surface area contributed by atoms with Crippen molar-refractivity contribution >= 4 is 21.6 Å². The van der Waals surface area contributed by atoms with Gasteiger partial charge in [-0.3, -0.25) is 0 Å². The molecule has 0 radical (unpaired) electrons. The number of ether oxygens (including phenoxy) is 1. The van der Waals surface area contributed by atoms with Crippen LogP contribution in [0.2, 0.25) is 0 Å². The molecule has 88 valence electrons. The van der Waals surface area contributed by atoms with Gasteiger partial charge in [0.15, 0.2) is 0 Å². The molecule has 4 heteroatoms. The smallest absolute Gasteiger partial charge is 0.242 e. The molecule has 0 amide bonds. The largest absolute Gasteiger partial charge is 0.437 e. The maximum absolute atomic E-state index is 5.82. The number of pyridine rings is 1. The lowest BCUT2D eigenvalue weighted by atomic mass is 10.2. The third-order valence-electron chi connectivity index (χ3n) is 2.37. The second-order valence-corrected chi connectivity index (χ2v) is 4.77. The average Bonchev–Trinajstić information content (AvgIpc) is 2.27. The van der Waals surface area contributed by atoms with E-state index in [1.807, 2.05) is 38.1 Å². The fraction of sp³-hybridized carbons (Fsp3) is 0.154. The van der Waals surface area contributed by atoms with Crippen LogP contribution in [0.15, 0.2) is 34.8 Å². The predicted octanol–water partition coefficient (Wildman–Crippen LogP) is 3.84. The Morgan fingerprint density at radius 3 is 2.65 bits per heavy atom. The number of nitrogens with zero attached hydrogens (tertiary/aromatic N) is 1. The van der Waals surface area contributed by atoms with Crippen molar-refractivity contribution in [2.75, 3.05) is 5.73 Å². The van der Waals surface area contributed by atoms with Crippen molar-refractivity contribution in [3.05, 3.63) is 46.1 Å². The van der Waals surface area contributed by atoms with Crippen LogP contribution in [0, 0.1) is 13.8 Å². The third kappa shape index (κ3) is 2.77. The minimum Gasteiger partial charge on any atom is -0.437 e. The van der Waals surface area contributed by atoms with Gasteiger partial charge < -0.3 is 10.5 Å². The van der Waals surface area contributed by atoms with Crippen LogP contribution in [0.3, 0.4) is 0 Å². The molecule has 0 saturated heterocycles. The molecule has 0 aliphatic rings. The molecular weight excluding hydrogens is 280 g/mol. The molecule has 0 aliphatic carbocycles. The molecule has 3 nitrogen and oxygen atoms in total. The van der Waals surface area contributed by atoms with Crippen LogP contribution in [0.4, 0.5) is 5.69 Å². The highest BCUT2D eigenvalue weighted by atomic mass is 79.9. The van der Waals surface area contributed by atoms with Gasteiger partial charge in [-0.2, -0.15) is 0 Å². The number of anilines is 1. The van der Waals surface area contributed by atoms with Crippen molar-refractivity contribution < 1.29 is 4.74 Å². The van der Waals surface area contributed by atoms with Gasteiger partial charge in [0.1, 0.15) is 5.75 Å². The number of hydrogen-bond acceptors (Lipinski definition) is 3. The second kappa shape index (κ2) is 4.75. The SMILES string of the molecule is Cc1ccc(N)c(Oc2ccc(Br)cc2C)n1. The first-order valence-electron chi connectivity index (χ1n) is 5.23. The Kier molecular flexibility index (Phi) is 3.33. The fourth-order valence-corrected chi connectivity index (χ4v) is 1.93. The van der Waals surface area contributed by atoms with Gasteiger partial charge in [0.2, 0.25) is 5.88 Å². The molecule has 2 rings (SSSR count). The highest BCUT2D eigenvalue weighted by Gasteiger charge is 2.06. The Balaban J connectivity index is 2.34. The summed E-state index contributed by atoms with van der Waals surface area (Å²) < 4.78 is 6.74. The molecule has 2 aromatic rings. The number of halogens is 1. The Bertz CT molecular complexity index is 555. The summed E-state index contributed by atoms with van der Waals surface area (Å²) in [7, 11) is 0. The number of nitrogens with two attached hydrogens (primary N) is 1. The molecule has 0 fully saturated rings. The predicted molar refractivity (Wildman–Crippen MR) is 72.3 cm³/mol. The van der Waals surface area contributed by atoms with E-state index in [1.54, 1.807) is 6.07 Å². The van der Waals surface area contributed by atoms with Crippen LogP contribution in [-0.2, 0) is 0 Å². The Morgan fingerprint density at radius 1 is 1.18 bits per heavy atom. The summed E-state index contributed by atoms with van der Waals surface area (Å²) in [4.78, 5) is 4.27. The summed E-state index contributed by atoms with van der Waals surface area (Å²) in [6.07, 6.45) is 0. The third-order valence-corrected chi connectivity index (χ3v) is 2.87. The van der Waals surface area contributed by atoms with Gasteiger partial charge in [0, 0.05) is 10.2 Å². The van der Waals surface area contributed by atoms with Crippen LogP contribution in [0.25, 0.3) is 0 Å². The zero-order valence-corrected chi connectivity index (χ0v) is 11.3. The summed E-state index contributed by atoms with van der Waals surface area (Å²) in [6, 6.07) is 9.46. The van der Waals surface area contributed by atoms with Gasteiger partial charge in [-0.25, -0.2) is 4.98 Å². The first-order valence-corrected chi connectivity index (χ1v) is 6.02. The van der Waals surface area contributed by atoms with E-state index >= 15 is 0 Å². The minimum atomic E-state index is 0.454. The topological polar surface area (TPSA) is 48.1 Å². The zero-order chi connectivity index (χ0) is 12.4. The van der Waals surface area contributed by atoms with E-state index in [0.29, 0.717) is 11.6 Å². The standard InChI is InChI=1S/C13H13BrN2O/c1-8-7-10(14)4-6-12(8)17-13-11(15)5-3-9(2)16-13/h3-7H,15H2,1-2H3. The minimum absolute atomic E-state index is 0.454. The van der Waals surface area contributed by atoms with E-state index in [9.17, 15) is 0 Å². The average molecular weight is 293 g/mol. The van der Waals surface area contributed by atoms with E-state index in [4.69, 9.17) is 10.5 Å². The molecule has 1 aromatic carbocycles. The highest BCUT2D eigenvalue weighted by molar-refractivity contribution is 9.10. The lowest BCUT2D eigenvalue weighted by Crippen LogP contribution is -1.97. The summed E-state index contributed by atoms with van der Waals surface area (Å²) in [5.41, 5.74) is 8.27. The molecule has 1 heterocycles. The van der Waals surface area contributed by atoms with Crippen molar-refractivity contribution in [1.82, 2.24) is 4.98 Å². The van der Waals surface area contributed by atoms with Crippen molar-refractivity contribution in [1.29, 1.82) is 0 Å². The van der Waals surface area contributed by atoms with E-state index in [-0.39, 0.29) is 0 Å². The fourth-order valence-electron chi connectivity index (χ4n) is 1.46. The van der Waals surface area contributed by atoms with Gasteiger partial charge in [-0.1, -0.05) is 15.9 Å². The van der Waals surface area contributed by atoms with Gasteiger partial charge in [-0.15, -0.1) is 0 Å². The van der Waals surface area contributed by atoms with Crippen LogP contribution in [0.5, 0.6) is 11.6 Å². The number of aromatic nitrogens is 1. The van der Waals surface area contributed by atoms with E-state index < -0.39 is 0 Å². The van der Waals surface area contributed by atoms with Crippen LogP contribution in [0.1, 0.15) is 11.3 Å². The Labute approximate surface area is 109 Å². The maximum Gasteiger partial charge on any atom is 0.242 e. The number of rotatable bonds is 2. The van der Waals surface area contributed by atoms with E-state index in [1.165, 1.54) is 0 Å².